The molecule has 0 radical (unpaired) electrons. The largest absolute Gasteiger partial charge is 0.493 e. The van der Waals surface area contributed by atoms with Crippen LogP contribution in [0.2, 0.25) is 0 Å². The van der Waals surface area contributed by atoms with Crippen molar-refractivity contribution < 1.29 is 26.7 Å². The van der Waals surface area contributed by atoms with Gasteiger partial charge in [0.25, 0.3) is 0 Å². The monoisotopic (exact) mass is 548 g/mol. The van der Waals surface area contributed by atoms with Crippen molar-refractivity contribution in [2.24, 2.45) is 0 Å². The molecule has 160 valence electrons. The van der Waals surface area contributed by atoms with E-state index in [0.717, 1.165) is 0 Å². The third kappa shape index (κ3) is 3.82. The van der Waals surface area contributed by atoms with Gasteiger partial charge in [-0.3, -0.25) is 4.72 Å². The number of anilines is 3. The zero-order chi connectivity index (χ0) is 21.5. The molecule has 2 aromatic carbocycles. The third-order valence-electron chi connectivity index (χ3n) is 5.21. The fourth-order valence-corrected chi connectivity index (χ4v) is 5.38. The minimum Gasteiger partial charge on any atom is -0.493 e. The van der Waals surface area contributed by atoms with Crippen molar-refractivity contribution in [1.29, 1.82) is 0 Å². The zero-order valence-electron chi connectivity index (χ0n) is 16.0. The van der Waals surface area contributed by atoms with Crippen molar-refractivity contribution in [2.75, 3.05) is 23.8 Å². The highest BCUT2D eigenvalue weighted by atomic mass is 127. The van der Waals surface area contributed by atoms with Crippen molar-refractivity contribution in [3.8, 4) is 11.5 Å². The average Bonchev–Trinajstić information content (AvgIpc) is 3.48. The minimum atomic E-state index is -3.85. The Hall–Kier alpha value is -2.08. The molecular formula is C20H19F2IN2O4S. The number of hydrogen-bond acceptors (Lipinski definition) is 5. The lowest BCUT2D eigenvalue weighted by Crippen LogP contribution is -2.30. The molecule has 0 saturated heterocycles. The Labute approximate surface area is 186 Å². The van der Waals surface area contributed by atoms with Crippen molar-refractivity contribution in [1.82, 2.24) is 0 Å². The molecule has 0 atom stereocenters. The third-order valence-corrected chi connectivity index (χ3v) is 8.07. The van der Waals surface area contributed by atoms with Gasteiger partial charge >= 0.3 is 0 Å². The molecule has 1 heterocycles. The number of methoxy groups -OCH3 is 1. The highest BCUT2D eigenvalue weighted by Gasteiger charge is 2.54. The molecule has 0 bridgehead atoms. The van der Waals surface area contributed by atoms with E-state index in [1.807, 2.05) is 22.6 Å². The van der Waals surface area contributed by atoms with E-state index in [2.05, 4.69) is 10.0 Å². The van der Waals surface area contributed by atoms with Gasteiger partial charge in [0, 0.05) is 9.64 Å². The van der Waals surface area contributed by atoms with Crippen LogP contribution in [0.5, 0.6) is 11.5 Å². The molecular weight excluding hydrogens is 529 g/mol. The molecule has 1 spiro atoms. The van der Waals surface area contributed by atoms with Crippen LogP contribution in [0.15, 0.2) is 36.4 Å². The van der Waals surface area contributed by atoms with Crippen LogP contribution in [0.1, 0.15) is 19.3 Å². The number of fused-ring (bicyclic) bond motifs is 1. The Balaban J connectivity index is 1.88. The number of ether oxygens (including phenoxy) is 2. The number of halogens is 3. The van der Waals surface area contributed by atoms with Crippen molar-refractivity contribution in [3.63, 3.8) is 0 Å². The summed E-state index contributed by atoms with van der Waals surface area (Å²) in [6.45, 7) is 0.164. The van der Waals surface area contributed by atoms with Crippen LogP contribution in [0, 0.1) is 15.2 Å². The Morgan fingerprint density at radius 2 is 2.00 bits per heavy atom. The van der Waals surface area contributed by atoms with Crippen molar-refractivity contribution in [2.45, 2.75) is 24.0 Å². The second kappa shape index (κ2) is 7.88. The summed E-state index contributed by atoms with van der Waals surface area (Å²) in [4.78, 5) is 0. The first kappa shape index (κ1) is 21.2. The highest BCUT2D eigenvalue weighted by molar-refractivity contribution is 14.1. The van der Waals surface area contributed by atoms with E-state index >= 15 is 4.39 Å². The summed E-state index contributed by atoms with van der Waals surface area (Å²) in [5.41, 5.74) is -0.400. The summed E-state index contributed by atoms with van der Waals surface area (Å²) < 4.78 is 68.8. The fraction of sp³-hybridized carbons (Fsp3) is 0.300. The van der Waals surface area contributed by atoms with Gasteiger partial charge in [0.2, 0.25) is 10.0 Å². The van der Waals surface area contributed by atoms with E-state index in [0.29, 0.717) is 22.8 Å². The summed E-state index contributed by atoms with van der Waals surface area (Å²) in [6, 6.07) is 5.65. The van der Waals surface area contributed by atoms with Crippen LogP contribution >= 0.6 is 22.6 Å². The highest BCUT2D eigenvalue weighted by Crippen LogP contribution is 2.50. The smallest absolute Gasteiger partial charge is 0.238 e. The van der Waals surface area contributed by atoms with Crippen LogP contribution in [0.25, 0.3) is 0 Å². The molecule has 6 nitrogen and oxygen atoms in total. The molecule has 4 rings (SSSR count). The Bertz CT molecular complexity index is 1130. The molecule has 0 amide bonds. The Morgan fingerprint density at radius 3 is 2.67 bits per heavy atom. The van der Waals surface area contributed by atoms with Gasteiger partial charge in [-0.2, -0.15) is 0 Å². The number of sulfonamides is 1. The van der Waals surface area contributed by atoms with Crippen LogP contribution in [0.4, 0.5) is 25.8 Å². The molecule has 1 fully saturated rings. The van der Waals surface area contributed by atoms with Crippen molar-refractivity contribution in [3.05, 3.63) is 51.6 Å². The van der Waals surface area contributed by atoms with E-state index in [-0.39, 0.29) is 35.2 Å². The predicted octanol–water partition coefficient (Wildman–Crippen LogP) is 4.93. The Kier molecular flexibility index (Phi) is 5.56. The van der Waals surface area contributed by atoms with Gasteiger partial charge in [-0.05, 0) is 60.1 Å². The number of allylic oxidation sites excluding steroid dienone is 1. The lowest BCUT2D eigenvalue weighted by atomic mass is 10.2. The number of rotatable bonds is 3. The first-order valence-corrected chi connectivity index (χ1v) is 11.8. The molecule has 1 saturated carbocycles. The van der Waals surface area contributed by atoms with Crippen LogP contribution in [0.3, 0.4) is 0 Å². The molecule has 2 aromatic rings. The molecule has 30 heavy (non-hydrogen) atoms. The summed E-state index contributed by atoms with van der Waals surface area (Å²) in [6.07, 6.45) is 4.87. The normalized spacial score (nSPS) is 19.7. The summed E-state index contributed by atoms with van der Waals surface area (Å²) in [7, 11) is -2.57. The van der Waals surface area contributed by atoms with E-state index < -0.39 is 26.4 Å². The van der Waals surface area contributed by atoms with Gasteiger partial charge in [-0.25, -0.2) is 17.2 Å². The van der Waals surface area contributed by atoms with Gasteiger partial charge in [-0.15, -0.1) is 0 Å². The standard InChI is InChI=1S/C20H19F2IN2O4S/c1-28-15-11-16-18(19(17(15)22)24-14-5-4-12(23)10-13(14)21)25-30(26,27)20(7-8-20)6-2-3-9-29-16/h2-5,10-11,24-25H,6-9H2,1H3/b3-2+. The molecule has 0 aromatic heterocycles. The summed E-state index contributed by atoms with van der Waals surface area (Å²) in [5, 5.41) is 2.68. The van der Waals surface area contributed by atoms with Crippen LogP contribution in [-0.4, -0.2) is 26.9 Å². The van der Waals surface area contributed by atoms with Crippen molar-refractivity contribution >= 4 is 49.7 Å². The van der Waals surface area contributed by atoms with Crippen LogP contribution in [-0.2, 0) is 10.0 Å². The van der Waals surface area contributed by atoms with Gasteiger partial charge in [0.05, 0.1) is 17.5 Å². The first-order chi connectivity index (χ1) is 14.3. The zero-order valence-corrected chi connectivity index (χ0v) is 18.9. The molecule has 1 aliphatic carbocycles. The molecule has 10 heteroatoms. The number of nitrogens with one attached hydrogen (secondary N) is 2. The topological polar surface area (TPSA) is 76.7 Å². The molecule has 1 aliphatic heterocycles. The summed E-state index contributed by atoms with van der Waals surface area (Å²) >= 11 is 1.96. The fourth-order valence-electron chi connectivity index (χ4n) is 3.29. The van der Waals surface area contributed by atoms with Gasteiger partial charge in [-0.1, -0.05) is 12.2 Å². The average molecular weight is 548 g/mol. The maximum Gasteiger partial charge on any atom is 0.238 e. The van der Waals surface area contributed by atoms with E-state index in [9.17, 15) is 12.8 Å². The lowest BCUT2D eigenvalue weighted by Gasteiger charge is -2.23. The van der Waals surface area contributed by atoms with Gasteiger partial charge in [0.15, 0.2) is 11.6 Å². The maximum absolute atomic E-state index is 15.2. The number of benzene rings is 2. The quantitative estimate of drug-likeness (QED) is 0.420. The van der Waals surface area contributed by atoms with E-state index in [4.69, 9.17) is 9.47 Å². The predicted molar refractivity (Wildman–Crippen MR) is 119 cm³/mol. The van der Waals surface area contributed by atoms with Gasteiger partial charge in [0.1, 0.15) is 29.5 Å². The van der Waals surface area contributed by atoms with Gasteiger partial charge < -0.3 is 14.8 Å². The summed E-state index contributed by atoms with van der Waals surface area (Å²) in [5.74, 6) is -1.56. The second-order valence-corrected chi connectivity index (χ2v) is 10.5. The number of hydrogen-bond donors (Lipinski definition) is 2. The maximum atomic E-state index is 15.2. The first-order valence-electron chi connectivity index (χ1n) is 9.19. The second-order valence-electron chi connectivity index (χ2n) is 7.17. The van der Waals surface area contributed by atoms with E-state index in [1.165, 1.54) is 25.3 Å². The molecule has 2 N–H and O–H groups in total. The minimum absolute atomic E-state index is 0.0120. The lowest BCUT2D eigenvalue weighted by molar-refractivity contribution is 0.352. The SMILES string of the molecule is COc1cc2c(c(Nc3ccc(I)cc3F)c1F)NS(=O)(=O)C1(C/C=C/CO2)CC1. The molecule has 2 aliphatic rings. The van der Waals surface area contributed by atoms with E-state index in [1.54, 1.807) is 18.2 Å². The Morgan fingerprint density at radius 1 is 1.23 bits per heavy atom. The van der Waals surface area contributed by atoms with Crippen LogP contribution < -0.4 is 19.5 Å². The molecule has 0 unspecified atom stereocenters.